The molecule has 0 unspecified atom stereocenters. The molecule has 0 atom stereocenters. The number of benzene rings is 1. The van der Waals surface area contributed by atoms with Crippen molar-refractivity contribution in [2.24, 2.45) is 4.99 Å². The van der Waals surface area contributed by atoms with E-state index in [9.17, 15) is 13.2 Å². The van der Waals surface area contributed by atoms with E-state index in [2.05, 4.69) is 4.99 Å². The van der Waals surface area contributed by atoms with Crippen LogP contribution >= 0.6 is 11.6 Å². The number of ether oxygens (including phenoxy) is 1. The second-order valence-corrected chi connectivity index (χ2v) is 3.42. The molecule has 0 saturated carbocycles. The molecule has 0 amide bonds. The van der Waals surface area contributed by atoms with E-state index >= 15 is 0 Å². The lowest BCUT2D eigenvalue weighted by Gasteiger charge is -2.04. The molecular weight excluding hydrogens is 243 g/mol. The lowest BCUT2D eigenvalue weighted by atomic mass is 10.3. The van der Waals surface area contributed by atoms with Crippen LogP contribution in [-0.2, 0) is 0 Å². The molecule has 16 heavy (non-hydrogen) atoms. The Balaban J connectivity index is 2.81. The van der Waals surface area contributed by atoms with Crippen LogP contribution in [0.4, 0.5) is 18.9 Å². The standard InChI is InChI=1S/C10H9ClF3NO/c1-16-8-4-2-3-7(5-8)15-9(11)6-10(12,13)14/h2-5H,6H2,1H3. The molecule has 0 aliphatic carbocycles. The molecule has 2 nitrogen and oxygen atoms in total. The van der Waals surface area contributed by atoms with Crippen molar-refractivity contribution in [2.45, 2.75) is 12.6 Å². The molecule has 6 heteroatoms. The van der Waals surface area contributed by atoms with Crippen molar-refractivity contribution < 1.29 is 17.9 Å². The van der Waals surface area contributed by atoms with Crippen molar-refractivity contribution in [1.29, 1.82) is 0 Å². The number of hydrogen-bond acceptors (Lipinski definition) is 2. The highest BCUT2D eigenvalue weighted by atomic mass is 35.5. The first-order valence-electron chi connectivity index (χ1n) is 4.34. The fourth-order valence-corrected chi connectivity index (χ4v) is 1.27. The summed E-state index contributed by atoms with van der Waals surface area (Å²) in [5.41, 5.74) is 0.327. The van der Waals surface area contributed by atoms with Crippen molar-refractivity contribution in [1.82, 2.24) is 0 Å². The number of rotatable bonds is 3. The Morgan fingerprint density at radius 1 is 1.44 bits per heavy atom. The molecule has 0 N–H and O–H groups in total. The predicted octanol–water partition coefficient (Wildman–Crippen LogP) is 3.92. The second-order valence-electron chi connectivity index (χ2n) is 2.98. The van der Waals surface area contributed by atoms with Crippen molar-refractivity contribution in [3.63, 3.8) is 0 Å². The molecule has 1 rings (SSSR count). The number of hydrogen-bond donors (Lipinski definition) is 0. The smallest absolute Gasteiger partial charge is 0.395 e. The van der Waals surface area contributed by atoms with Gasteiger partial charge in [0.1, 0.15) is 10.9 Å². The van der Waals surface area contributed by atoms with Gasteiger partial charge in [0.25, 0.3) is 0 Å². The molecule has 0 saturated heterocycles. The Morgan fingerprint density at radius 2 is 2.12 bits per heavy atom. The Bertz CT molecular complexity index is 390. The molecule has 0 bridgehead atoms. The quantitative estimate of drug-likeness (QED) is 0.746. The van der Waals surface area contributed by atoms with Crippen molar-refractivity contribution >= 4 is 22.5 Å². The maximum Gasteiger partial charge on any atom is 0.395 e. The van der Waals surface area contributed by atoms with Gasteiger partial charge in [-0.3, -0.25) is 0 Å². The van der Waals surface area contributed by atoms with Gasteiger partial charge in [-0.25, -0.2) is 4.99 Å². The summed E-state index contributed by atoms with van der Waals surface area (Å²) in [6.07, 6.45) is -5.58. The minimum atomic E-state index is -4.35. The largest absolute Gasteiger partial charge is 0.497 e. The van der Waals surface area contributed by atoms with Gasteiger partial charge in [-0.05, 0) is 12.1 Å². The van der Waals surface area contributed by atoms with Gasteiger partial charge in [-0.2, -0.15) is 13.2 Å². The third-order valence-electron chi connectivity index (χ3n) is 1.65. The van der Waals surface area contributed by atoms with Crippen LogP contribution in [-0.4, -0.2) is 18.5 Å². The Kier molecular flexibility index (Phi) is 4.18. The summed E-state index contributed by atoms with van der Waals surface area (Å²) in [4.78, 5) is 3.64. The average Bonchev–Trinajstić information content (AvgIpc) is 2.15. The second kappa shape index (κ2) is 5.21. The summed E-state index contributed by atoms with van der Waals surface area (Å²) in [5.74, 6) is 0.512. The molecule has 88 valence electrons. The highest BCUT2D eigenvalue weighted by molar-refractivity contribution is 6.65. The van der Waals surface area contributed by atoms with E-state index in [-0.39, 0.29) is 0 Å². The first-order valence-corrected chi connectivity index (χ1v) is 4.72. The van der Waals surface area contributed by atoms with Gasteiger partial charge in [0.05, 0.1) is 19.2 Å². The Hall–Kier alpha value is -1.23. The number of halogens is 4. The molecular formula is C10H9ClF3NO. The van der Waals surface area contributed by atoms with Crippen LogP contribution in [0.5, 0.6) is 5.75 Å². The van der Waals surface area contributed by atoms with Crippen molar-refractivity contribution in [3.05, 3.63) is 24.3 Å². The molecule has 0 aliphatic heterocycles. The Labute approximate surface area is 95.7 Å². The first kappa shape index (κ1) is 12.8. The van der Waals surface area contributed by atoms with Gasteiger partial charge in [0, 0.05) is 6.07 Å². The summed E-state index contributed by atoms with van der Waals surface area (Å²) in [5, 5.41) is -0.499. The van der Waals surface area contributed by atoms with Crippen molar-refractivity contribution in [3.8, 4) is 5.75 Å². The molecule has 0 aliphatic rings. The SMILES string of the molecule is COc1cccc(N=C(Cl)CC(F)(F)F)c1. The van der Waals surface area contributed by atoms with E-state index < -0.39 is 17.8 Å². The predicted molar refractivity (Wildman–Crippen MR) is 56.6 cm³/mol. The van der Waals surface area contributed by atoms with Gasteiger partial charge in [-0.15, -0.1) is 0 Å². The lowest BCUT2D eigenvalue weighted by molar-refractivity contribution is -0.120. The highest BCUT2D eigenvalue weighted by Gasteiger charge is 2.29. The molecule has 1 aromatic carbocycles. The summed E-state index contributed by atoms with van der Waals surface area (Å²) in [7, 11) is 1.46. The van der Waals surface area contributed by atoms with Gasteiger partial charge in [0.15, 0.2) is 0 Å². The zero-order valence-electron chi connectivity index (χ0n) is 8.38. The van der Waals surface area contributed by atoms with Crippen LogP contribution in [0, 0.1) is 0 Å². The fourth-order valence-electron chi connectivity index (χ4n) is 1.03. The molecule has 0 aromatic heterocycles. The number of methoxy groups -OCH3 is 1. The lowest BCUT2D eigenvalue weighted by Crippen LogP contribution is -2.10. The number of alkyl halides is 3. The van der Waals surface area contributed by atoms with Gasteiger partial charge in [-0.1, -0.05) is 17.7 Å². The van der Waals surface area contributed by atoms with E-state index in [0.29, 0.717) is 11.4 Å². The van der Waals surface area contributed by atoms with Crippen LogP contribution in [0.2, 0.25) is 0 Å². The van der Waals surface area contributed by atoms with Crippen LogP contribution in [0.15, 0.2) is 29.3 Å². The normalized spacial score (nSPS) is 12.7. The van der Waals surface area contributed by atoms with E-state index in [1.54, 1.807) is 18.2 Å². The molecule has 0 radical (unpaired) electrons. The zero-order valence-corrected chi connectivity index (χ0v) is 9.14. The van der Waals surface area contributed by atoms with Gasteiger partial charge in [0.2, 0.25) is 0 Å². The van der Waals surface area contributed by atoms with E-state index in [4.69, 9.17) is 16.3 Å². The maximum atomic E-state index is 12.0. The maximum absolute atomic E-state index is 12.0. The highest BCUT2D eigenvalue weighted by Crippen LogP contribution is 2.25. The average molecular weight is 252 g/mol. The van der Waals surface area contributed by atoms with E-state index in [1.807, 2.05) is 0 Å². The molecule has 0 heterocycles. The van der Waals surface area contributed by atoms with Crippen molar-refractivity contribution in [2.75, 3.05) is 7.11 Å². The van der Waals surface area contributed by atoms with Gasteiger partial charge >= 0.3 is 6.18 Å². The topological polar surface area (TPSA) is 21.6 Å². The van der Waals surface area contributed by atoms with Crippen LogP contribution < -0.4 is 4.74 Å². The minimum absolute atomic E-state index is 0.327. The van der Waals surface area contributed by atoms with Crippen LogP contribution in [0.25, 0.3) is 0 Å². The van der Waals surface area contributed by atoms with E-state index in [0.717, 1.165) is 0 Å². The van der Waals surface area contributed by atoms with Crippen LogP contribution in [0.1, 0.15) is 6.42 Å². The summed E-state index contributed by atoms with van der Waals surface area (Å²) < 4.78 is 40.8. The summed E-state index contributed by atoms with van der Waals surface area (Å²) in [6, 6.07) is 6.33. The summed E-state index contributed by atoms with van der Waals surface area (Å²) >= 11 is 5.38. The van der Waals surface area contributed by atoms with E-state index in [1.165, 1.54) is 13.2 Å². The molecule has 1 aromatic rings. The molecule has 0 fully saturated rings. The minimum Gasteiger partial charge on any atom is -0.497 e. The third kappa shape index (κ3) is 4.53. The van der Waals surface area contributed by atoms with Crippen LogP contribution in [0.3, 0.4) is 0 Å². The van der Waals surface area contributed by atoms with Gasteiger partial charge < -0.3 is 4.74 Å². The Morgan fingerprint density at radius 3 is 2.69 bits per heavy atom. The number of aliphatic imine (C=N–C) groups is 1. The zero-order chi connectivity index (χ0) is 12.2. The summed E-state index contributed by atoms with van der Waals surface area (Å²) in [6.45, 7) is 0. The third-order valence-corrected chi connectivity index (χ3v) is 1.87. The monoisotopic (exact) mass is 251 g/mol. The number of nitrogens with zero attached hydrogens (tertiary/aromatic N) is 1. The fraction of sp³-hybridized carbons (Fsp3) is 0.300. The molecule has 0 spiro atoms. The first-order chi connectivity index (χ1) is 7.40.